The smallest absolute Gasteiger partial charge is 0.358 e. The zero-order chi connectivity index (χ0) is 18.8. The van der Waals surface area contributed by atoms with E-state index in [4.69, 9.17) is 20.8 Å². The Hall–Kier alpha value is -2.38. The number of aryl methyl sites for hydroxylation is 2. The van der Waals surface area contributed by atoms with E-state index in [1.165, 1.54) is 24.0 Å². The molecule has 0 aliphatic heterocycles. The van der Waals surface area contributed by atoms with E-state index >= 15 is 0 Å². The molecule has 0 aliphatic rings. The van der Waals surface area contributed by atoms with Gasteiger partial charge in [-0.2, -0.15) is 0 Å². The predicted octanol–water partition coefficient (Wildman–Crippen LogP) is 3.93. The van der Waals surface area contributed by atoms with Gasteiger partial charge in [0.1, 0.15) is 12.2 Å². The number of hydrogen-bond acceptors (Lipinski definition) is 7. The van der Waals surface area contributed by atoms with Crippen LogP contribution in [0, 0.1) is 13.8 Å². The number of thioether (sulfide) groups is 1. The number of ether oxygens (including phenoxy) is 1. The number of benzene rings is 1. The monoisotopic (exact) mass is 390 g/mol. The molecule has 6 nitrogen and oxygen atoms in total. The van der Waals surface area contributed by atoms with Crippen LogP contribution in [0.5, 0.6) is 0 Å². The number of carbonyl (C=O) groups is 1. The lowest BCUT2D eigenvalue weighted by molar-refractivity contribution is 0.0466. The molecule has 0 radical (unpaired) electrons. The maximum atomic E-state index is 12.3. The quantitative estimate of drug-likeness (QED) is 0.289. The van der Waals surface area contributed by atoms with E-state index in [9.17, 15) is 9.59 Å². The summed E-state index contributed by atoms with van der Waals surface area (Å²) in [6.07, 6.45) is 3.15. The highest BCUT2D eigenvalue weighted by Gasteiger charge is 2.17. The van der Waals surface area contributed by atoms with Crippen molar-refractivity contribution in [3.63, 3.8) is 0 Å². The second kappa shape index (κ2) is 7.47. The van der Waals surface area contributed by atoms with Crippen molar-refractivity contribution in [1.29, 1.82) is 0 Å². The molecule has 26 heavy (non-hydrogen) atoms. The Kier molecular flexibility index (Phi) is 5.29. The Morgan fingerprint density at radius 1 is 1.35 bits per heavy atom. The van der Waals surface area contributed by atoms with E-state index in [0.29, 0.717) is 16.3 Å². The van der Waals surface area contributed by atoms with Crippen molar-refractivity contribution in [1.82, 2.24) is 9.97 Å². The lowest BCUT2D eigenvalue weighted by Crippen LogP contribution is -2.11. The minimum Gasteiger partial charge on any atom is -0.456 e. The van der Waals surface area contributed by atoms with Crippen molar-refractivity contribution in [3.8, 4) is 0 Å². The summed E-state index contributed by atoms with van der Waals surface area (Å²) in [6, 6.07) is 5.08. The molecule has 3 rings (SSSR count). The Morgan fingerprint density at radius 2 is 2.12 bits per heavy atom. The molecule has 134 valence electrons. The van der Waals surface area contributed by atoms with Crippen molar-refractivity contribution in [2.75, 3.05) is 6.26 Å². The summed E-state index contributed by atoms with van der Waals surface area (Å²) in [5.74, 6) is -0.682. The number of carbonyl (C=O) groups excluding carboxylic acids is 1. The molecular weight excluding hydrogens is 376 g/mol. The number of hydrogen-bond donors (Lipinski definition) is 0. The molecule has 0 aliphatic carbocycles. The van der Waals surface area contributed by atoms with Gasteiger partial charge in [0.05, 0.1) is 11.2 Å². The molecule has 0 saturated heterocycles. The molecule has 0 atom stereocenters. The Labute approximate surface area is 158 Å². The van der Waals surface area contributed by atoms with Crippen LogP contribution in [0.15, 0.2) is 38.8 Å². The molecule has 3 aromatic rings. The van der Waals surface area contributed by atoms with Crippen molar-refractivity contribution in [2.45, 2.75) is 25.6 Å². The summed E-state index contributed by atoms with van der Waals surface area (Å²) in [5.41, 5.74) is 2.42. The van der Waals surface area contributed by atoms with Gasteiger partial charge in [-0.05, 0) is 31.2 Å². The summed E-state index contributed by atoms with van der Waals surface area (Å²) >= 11 is 7.28. The van der Waals surface area contributed by atoms with Crippen LogP contribution in [0.3, 0.4) is 0 Å². The first kappa shape index (κ1) is 18.4. The van der Waals surface area contributed by atoms with Crippen LogP contribution in [-0.2, 0) is 11.3 Å². The Morgan fingerprint density at radius 3 is 2.85 bits per heavy atom. The van der Waals surface area contributed by atoms with Gasteiger partial charge in [-0.3, -0.25) is 0 Å². The number of rotatable bonds is 4. The lowest BCUT2D eigenvalue weighted by Gasteiger charge is -2.10. The van der Waals surface area contributed by atoms with Crippen LogP contribution in [0.1, 0.15) is 27.2 Å². The largest absolute Gasteiger partial charge is 0.456 e. The Balaban J connectivity index is 1.92. The third-order valence-electron chi connectivity index (χ3n) is 3.97. The second-order valence-corrected chi connectivity index (χ2v) is 6.78. The summed E-state index contributed by atoms with van der Waals surface area (Å²) in [7, 11) is 0. The number of esters is 1. The van der Waals surface area contributed by atoms with Gasteiger partial charge in [0.15, 0.2) is 10.9 Å². The van der Waals surface area contributed by atoms with Crippen molar-refractivity contribution in [3.05, 3.63) is 62.2 Å². The number of aromatic nitrogens is 2. The first-order valence-electron chi connectivity index (χ1n) is 7.67. The molecule has 0 saturated carbocycles. The molecule has 0 fully saturated rings. The van der Waals surface area contributed by atoms with E-state index in [1.807, 2.05) is 26.0 Å². The van der Waals surface area contributed by atoms with E-state index in [2.05, 4.69) is 9.97 Å². The maximum Gasteiger partial charge on any atom is 0.358 e. The molecule has 1 aromatic carbocycles. The van der Waals surface area contributed by atoms with Crippen LogP contribution >= 0.6 is 23.4 Å². The summed E-state index contributed by atoms with van der Waals surface area (Å²) in [6.45, 7) is 3.71. The fourth-order valence-corrected chi connectivity index (χ4v) is 2.96. The molecule has 2 aromatic heterocycles. The van der Waals surface area contributed by atoms with Crippen LogP contribution in [0.2, 0.25) is 5.02 Å². The fraction of sp³-hybridized carbons (Fsp3) is 0.222. The normalized spacial score (nSPS) is 10.9. The van der Waals surface area contributed by atoms with Gasteiger partial charge < -0.3 is 9.15 Å². The highest BCUT2D eigenvalue weighted by atomic mass is 35.5. The molecular formula is C18H15ClN2O4S. The molecule has 0 bridgehead atoms. The van der Waals surface area contributed by atoms with Gasteiger partial charge in [-0.15, -0.1) is 0 Å². The van der Waals surface area contributed by atoms with Crippen LogP contribution in [-0.4, -0.2) is 22.2 Å². The van der Waals surface area contributed by atoms with Gasteiger partial charge in [-0.25, -0.2) is 19.6 Å². The lowest BCUT2D eigenvalue weighted by atomic mass is 10.0. The van der Waals surface area contributed by atoms with Gasteiger partial charge >= 0.3 is 11.6 Å². The predicted molar refractivity (Wildman–Crippen MR) is 99.9 cm³/mol. The zero-order valence-corrected chi connectivity index (χ0v) is 15.9. The summed E-state index contributed by atoms with van der Waals surface area (Å²) in [4.78, 5) is 32.3. The molecule has 0 amide bonds. The summed E-state index contributed by atoms with van der Waals surface area (Å²) in [5, 5.41) is 1.24. The highest BCUT2D eigenvalue weighted by Crippen LogP contribution is 2.24. The second-order valence-electron chi connectivity index (χ2n) is 5.60. The van der Waals surface area contributed by atoms with E-state index in [0.717, 1.165) is 16.5 Å². The number of fused-ring (bicyclic) bond motifs is 1. The average molecular weight is 391 g/mol. The SMILES string of the molecule is CSc1ncc(Cl)c(C(=O)OCc2cc(=O)oc3c(C)c(C)ccc23)n1. The molecule has 2 heterocycles. The first-order valence-corrected chi connectivity index (χ1v) is 9.27. The standard InChI is InChI=1S/C18H15ClN2O4S/c1-9-4-5-12-11(6-14(22)25-16(12)10(9)2)8-24-17(23)15-13(19)7-20-18(21-15)26-3/h4-7H,8H2,1-3H3. The van der Waals surface area contributed by atoms with E-state index < -0.39 is 11.6 Å². The van der Waals surface area contributed by atoms with Crippen LogP contribution in [0.4, 0.5) is 0 Å². The van der Waals surface area contributed by atoms with Gasteiger partial charge in [-0.1, -0.05) is 35.5 Å². The van der Waals surface area contributed by atoms with Crippen LogP contribution in [0.25, 0.3) is 11.0 Å². The third-order valence-corrected chi connectivity index (χ3v) is 4.81. The number of halogens is 1. The molecule has 0 N–H and O–H groups in total. The highest BCUT2D eigenvalue weighted by molar-refractivity contribution is 7.98. The Bertz CT molecular complexity index is 1060. The van der Waals surface area contributed by atoms with Gasteiger partial charge in [0.25, 0.3) is 0 Å². The van der Waals surface area contributed by atoms with Crippen molar-refractivity contribution >= 4 is 40.3 Å². The van der Waals surface area contributed by atoms with Crippen molar-refractivity contribution in [2.24, 2.45) is 0 Å². The minimum atomic E-state index is -0.682. The fourth-order valence-electron chi connectivity index (χ4n) is 2.45. The summed E-state index contributed by atoms with van der Waals surface area (Å²) < 4.78 is 10.6. The minimum absolute atomic E-state index is 0.00897. The zero-order valence-electron chi connectivity index (χ0n) is 14.3. The molecule has 0 unspecified atom stereocenters. The van der Waals surface area contributed by atoms with Crippen molar-refractivity contribution < 1.29 is 13.9 Å². The topological polar surface area (TPSA) is 82.3 Å². The first-order chi connectivity index (χ1) is 12.4. The molecule has 0 spiro atoms. The van der Waals surface area contributed by atoms with E-state index in [1.54, 1.807) is 6.26 Å². The third kappa shape index (κ3) is 3.59. The van der Waals surface area contributed by atoms with Gasteiger partial charge in [0, 0.05) is 17.0 Å². The van der Waals surface area contributed by atoms with Crippen LogP contribution < -0.4 is 5.63 Å². The average Bonchev–Trinajstić information content (AvgIpc) is 2.63. The maximum absolute atomic E-state index is 12.3. The van der Waals surface area contributed by atoms with Gasteiger partial charge in [0.2, 0.25) is 0 Å². The van der Waals surface area contributed by atoms with E-state index in [-0.39, 0.29) is 17.3 Å². The number of nitrogens with zero attached hydrogens (tertiary/aromatic N) is 2. The molecule has 8 heteroatoms.